The number of fused-ring (bicyclic) bond motifs is 2. The minimum Gasteiger partial charge on any atom is -0.502 e. The molecule has 0 bridgehead atoms. The van der Waals surface area contributed by atoms with Gasteiger partial charge >= 0.3 is 0 Å². The minimum absolute atomic E-state index is 0.0539. The zero-order valence-corrected chi connectivity index (χ0v) is 28.7. The second-order valence-electron chi connectivity index (χ2n) is 12.9. The summed E-state index contributed by atoms with van der Waals surface area (Å²) < 4.78 is 16.8. The molecule has 238 valence electrons. The Labute approximate surface area is 279 Å². The number of aryl methyl sites for hydroxylation is 4. The highest BCUT2D eigenvalue weighted by molar-refractivity contribution is 5.94. The van der Waals surface area contributed by atoms with Crippen LogP contribution in [0.2, 0.25) is 0 Å². The Morgan fingerprint density at radius 3 is 2.04 bits per heavy atom. The van der Waals surface area contributed by atoms with Gasteiger partial charge in [-0.3, -0.25) is 0 Å². The van der Waals surface area contributed by atoms with E-state index in [9.17, 15) is 0 Å². The second kappa shape index (κ2) is 13.9. The summed E-state index contributed by atoms with van der Waals surface area (Å²) in [6.45, 7) is 11.9. The largest absolute Gasteiger partial charge is 0.502 e. The summed E-state index contributed by atoms with van der Waals surface area (Å²) >= 11 is 0. The van der Waals surface area contributed by atoms with Crippen molar-refractivity contribution in [3.05, 3.63) is 144 Å². The molecule has 4 heteroatoms. The molecule has 2 atom stereocenters. The van der Waals surface area contributed by atoms with Crippen molar-refractivity contribution in [2.75, 3.05) is 13.7 Å². The van der Waals surface area contributed by atoms with Crippen LogP contribution in [-0.2, 0) is 23.1 Å². The Morgan fingerprint density at radius 1 is 0.745 bits per heavy atom. The molecule has 0 spiro atoms. The lowest BCUT2D eigenvalue weighted by Crippen LogP contribution is -2.41. The first-order valence-corrected chi connectivity index (χ1v) is 16.5. The average molecular weight is 623 g/mol. The van der Waals surface area contributed by atoms with Crippen molar-refractivity contribution in [2.45, 2.75) is 53.2 Å². The Hall–Kier alpha value is -4.80. The van der Waals surface area contributed by atoms with Crippen molar-refractivity contribution < 1.29 is 18.6 Å². The lowest BCUT2D eigenvalue weighted by atomic mass is 9.89. The van der Waals surface area contributed by atoms with E-state index < -0.39 is 0 Å². The van der Waals surface area contributed by atoms with Gasteiger partial charge in [-0.05, 0) is 86.9 Å². The van der Waals surface area contributed by atoms with E-state index in [1.807, 2.05) is 13.0 Å². The molecule has 2 unspecified atom stereocenters. The quantitative estimate of drug-likeness (QED) is 0.113. The van der Waals surface area contributed by atoms with E-state index in [2.05, 4.69) is 153 Å². The lowest BCUT2D eigenvalue weighted by Gasteiger charge is -2.22. The number of aromatic nitrogens is 2. The van der Waals surface area contributed by atoms with Crippen LogP contribution in [0.15, 0.2) is 121 Å². The van der Waals surface area contributed by atoms with E-state index in [-0.39, 0.29) is 12.0 Å². The van der Waals surface area contributed by atoms with Crippen molar-refractivity contribution in [1.29, 1.82) is 0 Å². The molecule has 2 heterocycles. The third-order valence-corrected chi connectivity index (χ3v) is 9.29. The summed E-state index contributed by atoms with van der Waals surface area (Å²) in [4.78, 5) is 0. The third-order valence-electron chi connectivity index (χ3n) is 9.29. The maximum absolute atomic E-state index is 6.65. The first-order chi connectivity index (χ1) is 22.7. The monoisotopic (exact) mass is 622 g/mol. The van der Waals surface area contributed by atoms with Gasteiger partial charge in [0.25, 0.3) is 0 Å². The van der Waals surface area contributed by atoms with Crippen LogP contribution in [0.3, 0.4) is 0 Å². The van der Waals surface area contributed by atoms with Crippen LogP contribution in [0.5, 0.6) is 0 Å². The topological polar surface area (TPSA) is 26.2 Å². The van der Waals surface area contributed by atoms with Gasteiger partial charge in [-0.25, -0.2) is 4.57 Å². The zero-order chi connectivity index (χ0) is 33.1. The molecule has 0 radical (unpaired) electrons. The maximum Gasteiger partial charge on any atom is 0.220 e. The Balaban J connectivity index is 1.55. The summed E-state index contributed by atoms with van der Waals surface area (Å²) in [7, 11) is 3.85. The number of rotatable bonds is 10. The van der Waals surface area contributed by atoms with Crippen molar-refractivity contribution in [3.63, 3.8) is 0 Å². The summed E-state index contributed by atoms with van der Waals surface area (Å²) in [5, 5.41) is 4.95. The minimum atomic E-state index is -0.0974. The highest BCUT2D eigenvalue weighted by atomic mass is 16.5. The predicted octanol–water partition coefficient (Wildman–Crippen LogP) is 9.10. The van der Waals surface area contributed by atoms with Gasteiger partial charge < -0.3 is 9.47 Å². The molecule has 6 rings (SSSR count). The van der Waals surface area contributed by atoms with Gasteiger partial charge in [-0.1, -0.05) is 71.8 Å². The van der Waals surface area contributed by atoms with E-state index in [1.165, 1.54) is 66.3 Å². The van der Waals surface area contributed by atoms with Crippen LogP contribution >= 0.6 is 0 Å². The molecule has 0 N–H and O–H groups in total. The highest BCUT2D eigenvalue weighted by Crippen LogP contribution is 2.35. The van der Waals surface area contributed by atoms with E-state index in [4.69, 9.17) is 9.47 Å². The van der Waals surface area contributed by atoms with Crippen LogP contribution in [0.1, 0.15) is 42.0 Å². The number of nitrogens with zero attached hydrogens (tertiary/aromatic N) is 2. The Morgan fingerprint density at radius 2 is 1.36 bits per heavy atom. The Kier molecular flexibility index (Phi) is 9.51. The molecule has 0 saturated carbocycles. The Bertz CT molecular complexity index is 2090. The molecule has 0 aliphatic heterocycles. The summed E-state index contributed by atoms with van der Waals surface area (Å²) in [6, 6.07) is 35.5. The molecule has 0 aliphatic carbocycles. The number of ether oxygens (including phenoxy) is 2. The molecule has 0 saturated heterocycles. The molecular weight excluding hydrogens is 576 g/mol. The standard InChI is InChI=1S/C43H46N2O2/c1-29-16-18-37(31(3)24-29)43-39-15-11-9-13-35(39)21-23-45(43)27-36(28-47-33(5)26-32(4)46-7)41-25-30(2)17-19-40(41)42-38-14-10-8-12-34(38)20-22-44(42)6/h8-26,33,36H,27-28H2,1-7H3/q+2. The van der Waals surface area contributed by atoms with Crippen molar-refractivity contribution in [2.24, 2.45) is 7.05 Å². The number of allylic oxidation sites excluding steroid dienone is 1. The highest BCUT2D eigenvalue weighted by Gasteiger charge is 2.29. The van der Waals surface area contributed by atoms with Crippen LogP contribution < -0.4 is 9.13 Å². The third kappa shape index (κ3) is 6.84. The summed E-state index contributed by atoms with van der Waals surface area (Å²) in [5.74, 6) is 0.910. The molecule has 2 aromatic heterocycles. The number of pyridine rings is 2. The van der Waals surface area contributed by atoms with Gasteiger partial charge in [0.05, 0.1) is 47.8 Å². The first kappa shape index (κ1) is 32.2. The van der Waals surface area contributed by atoms with Gasteiger partial charge in [0.15, 0.2) is 18.9 Å². The fourth-order valence-electron chi connectivity index (χ4n) is 6.87. The fourth-order valence-corrected chi connectivity index (χ4v) is 6.87. The predicted molar refractivity (Wildman–Crippen MR) is 193 cm³/mol. The van der Waals surface area contributed by atoms with E-state index >= 15 is 0 Å². The van der Waals surface area contributed by atoms with Crippen molar-refractivity contribution in [1.82, 2.24) is 0 Å². The normalized spacial score (nSPS) is 13.2. The number of methoxy groups -OCH3 is 1. The molecule has 0 amide bonds. The van der Waals surface area contributed by atoms with Gasteiger partial charge in [-0.2, -0.15) is 4.57 Å². The molecule has 4 nitrogen and oxygen atoms in total. The fraction of sp³-hybridized carbons (Fsp3) is 0.256. The van der Waals surface area contributed by atoms with Gasteiger partial charge in [0, 0.05) is 17.7 Å². The van der Waals surface area contributed by atoms with Crippen LogP contribution in [0.4, 0.5) is 0 Å². The lowest BCUT2D eigenvalue weighted by molar-refractivity contribution is -0.688. The van der Waals surface area contributed by atoms with Gasteiger partial charge in [0.1, 0.15) is 7.05 Å². The van der Waals surface area contributed by atoms with Crippen molar-refractivity contribution >= 4 is 21.5 Å². The number of hydrogen-bond donors (Lipinski definition) is 0. The summed E-state index contributed by atoms with van der Waals surface area (Å²) in [5.41, 5.74) is 9.99. The summed E-state index contributed by atoms with van der Waals surface area (Å²) in [6.07, 6.45) is 6.38. The molecule has 47 heavy (non-hydrogen) atoms. The van der Waals surface area contributed by atoms with E-state index in [1.54, 1.807) is 7.11 Å². The van der Waals surface area contributed by atoms with Gasteiger partial charge in [0.2, 0.25) is 11.4 Å². The zero-order valence-electron chi connectivity index (χ0n) is 28.7. The SMILES string of the molecule is COC(C)=CC(C)OCC(C[n+]1ccc2ccccc2c1-c1ccc(C)cc1C)c1cc(C)ccc1-c1c2ccccc2cc[n+]1C. The van der Waals surface area contributed by atoms with E-state index in [0.717, 1.165) is 12.3 Å². The molecule has 4 aromatic carbocycles. The van der Waals surface area contributed by atoms with Gasteiger partial charge in [-0.15, -0.1) is 0 Å². The maximum atomic E-state index is 6.65. The van der Waals surface area contributed by atoms with Crippen LogP contribution in [-0.4, -0.2) is 19.8 Å². The first-order valence-electron chi connectivity index (χ1n) is 16.5. The van der Waals surface area contributed by atoms with Crippen LogP contribution in [0, 0.1) is 20.8 Å². The molecular formula is C43H46N2O2+2. The van der Waals surface area contributed by atoms with E-state index in [0.29, 0.717) is 6.61 Å². The smallest absolute Gasteiger partial charge is 0.220 e. The number of hydrogen-bond acceptors (Lipinski definition) is 2. The molecule has 6 aromatic rings. The van der Waals surface area contributed by atoms with Crippen LogP contribution in [0.25, 0.3) is 44.1 Å². The van der Waals surface area contributed by atoms with Crippen molar-refractivity contribution in [3.8, 4) is 22.5 Å². The average Bonchev–Trinajstić information content (AvgIpc) is 3.07. The number of benzene rings is 4. The molecule has 0 fully saturated rings. The second-order valence-corrected chi connectivity index (χ2v) is 12.9. The molecule has 0 aliphatic rings.